The highest BCUT2D eigenvalue weighted by atomic mass is 35.5. The van der Waals surface area contributed by atoms with Crippen molar-refractivity contribution in [3.05, 3.63) is 77.6 Å². The summed E-state index contributed by atoms with van der Waals surface area (Å²) in [5.74, 6) is 1.05. The predicted molar refractivity (Wildman–Crippen MR) is 124 cm³/mol. The summed E-state index contributed by atoms with van der Waals surface area (Å²) >= 11 is 6.15. The van der Waals surface area contributed by atoms with Crippen LogP contribution in [0.15, 0.2) is 67.0 Å². The quantitative estimate of drug-likeness (QED) is 0.588. The van der Waals surface area contributed by atoms with E-state index in [0.29, 0.717) is 18.1 Å². The highest BCUT2D eigenvalue weighted by molar-refractivity contribution is 6.31. The second-order valence-electron chi connectivity index (χ2n) is 7.80. The molecule has 2 aromatic carbocycles. The average molecular weight is 438 g/mol. The summed E-state index contributed by atoms with van der Waals surface area (Å²) in [6.07, 6.45) is 3.91. The third kappa shape index (κ3) is 5.94. The first-order chi connectivity index (χ1) is 15.2. The van der Waals surface area contributed by atoms with Crippen molar-refractivity contribution in [2.75, 3.05) is 39.3 Å². The van der Waals surface area contributed by atoms with Gasteiger partial charge in [0, 0.05) is 68.8 Å². The van der Waals surface area contributed by atoms with Crippen LogP contribution in [0, 0.1) is 0 Å². The average Bonchev–Trinajstić information content (AvgIpc) is 3.27. The molecule has 1 N–H and O–H groups in total. The van der Waals surface area contributed by atoms with Gasteiger partial charge in [-0.2, -0.15) is 0 Å². The lowest BCUT2D eigenvalue weighted by molar-refractivity contribution is -0.122. The molecule has 0 aliphatic carbocycles. The van der Waals surface area contributed by atoms with E-state index >= 15 is 0 Å². The first-order valence-corrected chi connectivity index (χ1v) is 11.1. The molecule has 3 aromatic rings. The van der Waals surface area contributed by atoms with Gasteiger partial charge < -0.3 is 9.88 Å². The van der Waals surface area contributed by atoms with Crippen molar-refractivity contribution in [1.29, 1.82) is 0 Å². The zero-order valence-electron chi connectivity index (χ0n) is 17.6. The standard InChI is InChI=1S/C24H28ClN5O/c25-22-9-5-4-8-21(22)18-27-23(31)19-29-14-12-28(13-15-29)16-17-30-11-10-26-24(30)20-6-2-1-3-7-20/h1-11H,12-19H2,(H,27,31). The van der Waals surface area contributed by atoms with Crippen LogP contribution in [0.3, 0.4) is 0 Å². The molecule has 0 radical (unpaired) electrons. The summed E-state index contributed by atoms with van der Waals surface area (Å²) in [5.41, 5.74) is 2.08. The van der Waals surface area contributed by atoms with Gasteiger partial charge in [-0.1, -0.05) is 60.1 Å². The Hall–Kier alpha value is -2.67. The highest BCUT2D eigenvalue weighted by Crippen LogP contribution is 2.17. The number of imidazole rings is 1. The van der Waals surface area contributed by atoms with Crippen molar-refractivity contribution in [2.45, 2.75) is 13.1 Å². The number of hydrogen-bond acceptors (Lipinski definition) is 4. The van der Waals surface area contributed by atoms with E-state index in [1.54, 1.807) is 0 Å². The minimum atomic E-state index is 0.0410. The molecule has 0 atom stereocenters. The maximum Gasteiger partial charge on any atom is 0.234 e. The topological polar surface area (TPSA) is 53.4 Å². The van der Waals surface area contributed by atoms with Gasteiger partial charge in [-0.3, -0.25) is 14.6 Å². The van der Waals surface area contributed by atoms with Crippen LogP contribution in [-0.2, 0) is 17.9 Å². The molecule has 31 heavy (non-hydrogen) atoms. The Balaban J connectivity index is 1.19. The van der Waals surface area contributed by atoms with Crippen LogP contribution >= 0.6 is 11.6 Å². The Kier molecular flexibility index (Phi) is 7.35. The van der Waals surface area contributed by atoms with E-state index in [4.69, 9.17) is 11.6 Å². The van der Waals surface area contributed by atoms with E-state index in [2.05, 4.69) is 36.8 Å². The molecule has 162 valence electrons. The zero-order valence-corrected chi connectivity index (χ0v) is 18.3. The molecule has 6 nitrogen and oxygen atoms in total. The number of carbonyl (C=O) groups is 1. The third-order valence-electron chi connectivity index (χ3n) is 5.67. The number of hydrogen-bond donors (Lipinski definition) is 1. The molecule has 1 saturated heterocycles. The van der Waals surface area contributed by atoms with Crippen LogP contribution in [0.2, 0.25) is 5.02 Å². The maximum absolute atomic E-state index is 12.3. The number of aromatic nitrogens is 2. The van der Waals surface area contributed by atoms with E-state index in [-0.39, 0.29) is 5.91 Å². The molecule has 0 spiro atoms. The van der Waals surface area contributed by atoms with Gasteiger partial charge >= 0.3 is 0 Å². The van der Waals surface area contributed by atoms with Gasteiger partial charge in [0.25, 0.3) is 0 Å². The number of nitrogens with zero attached hydrogens (tertiary/aromatic N) is 4. The number of carbonyl (C=O) groups excluding carboxylic acids is 1. The van der Waals surface area contributed by atoms with Crippen LogP contribution < -0.4 is 5.32 Å². The number of piperazine rings is 1. The Morgan fingerprint density at radius 2 is 1.65 bits per heavy atom. The summed E-state index contributed by atoms with van der Waals surface area (Å²) in [5, 5.41) is 3.66. The fraction of sp³-hybridized carbons (Fsp3) is 0.333. The molecule has 1 aliphatic rings. The lowest BCUT2D eigenvalue weighted by Crippen LogP contribution is -2.49. The summed E-state index contributed by atoms with van der Waals surface area (Å²) in [7, 11) is 0. The van der Waals surface area contributed by atoms with E-state index in [1.165, 1.54) is 0 Å². The number of halogens is 1. The molecule has 1 fully saturated rings. The molecule has 0 saturated carbocycles. The van der Waals surface area contributed by atoms with Crippen LogP contribution in [0.1, 0.15) is 5.56 Å². The molecule has 1 amide bonds. The minimum absolute atomic E-state index is 0.0410. The lowest BCUT2D eigenvalue weighted by atomic mass is 10.2. The monoisotopic (exact) mass is 437 g/mol. The first kappa shape index (κ1) is 21.6. The number of amides is 1. The van der Waals surface area contributed by atoms with Gasteiger partial charge in [-0.15, -0.1) is 0 Å². The lowest BCUT2D eigenvalue weighted by Gasteiger charge is -2.34. The van der Waals surface area contributed by atoms with Crippen molar-refractivity contribution in [1.82, 2.24) is 24.7 Å². The molecule has 0 unspecified atom stereocenters. The first-order valence-electron chi connectivity index (χ1n) is 10.7. The van der Waals surface area contributed by atoms with E-state index in [1.807, 2.05) is 54.9 Å². The van der Waals surface area contributed by atoms with Gasteiger partial charge in [0.2, 0.25) is 5.91 Å². The Bertz CT molecular complexity index is 982. The van der Waals surface area contributed by atoms with Gasteiger partial charge in [0.1, 0.15) is 5.82 Å². The summed E-state index contributed by atoms with van der Waals surface area (Å²) in [6.45, 7) is 6.50. The molecule has 4 rings (SSSR count). The molecule has 2 heterocycles. The van der Waals surface area contributed by atoms with Gasteiger partial charge in [-0.25, -0.2) is 4.98 Å². The Labute approximate surface area is 188 Å². The SMILES string of the molecule is O=C(CN1CCN(CCn2ccnc2-c2ccccc2)CC1)NCc1ccccc1Cl. The van der Waals surface area contributed by atoms with E-state index in [0.717, 1.165) is 56.2 Å². The largest absolute Gasteiger partial charge is 0.351 e. The van der Waals surface area contributed by atoms with Crippen molar-refractivity contribution < 1.29 is 4.79 Å². The fourth-order valence-electron chi connectivity index (χ4n) is 3.85. The third-order valence-corrected chi connectivity index (χ3v) is 6.04. The maximum atomic E-state index is 12.3. The van der Waals surface area contributed by atoms with Crippen molar-refractivity contribution in [3.63, 3.8) is 0 Å². The van der Waals surface area contributed by atoms with Crippen molar-refractivity contribution in [3.8, 4) is 11.4 Å². The van der Waals surface area contributed by atoms with E-state index in [9.17, 15) is 4.79 Å². The van der Waals surface area contributed by atoms with E-state index < -0.39 is 0 Å². The van der Waals surface area contributed by atoms with Crippen molar-refractivity contribution >= 4 is 17.5 Å². The van der Waals surface area contributed by atoms with Crippen LogP contribution in [0.25, 0.3) is 11.4 Å². The summed E-state index contributed by atoms with van der Waals surface area (Å²) in [4.78, 5) is 21.5. The molecular weight excluding hydrogens is 410 g/mol. The van der Waals surface area contributed by atoms with Gasteiger partial charge in [0.05, 0.1) is 6.54 Å². The fourth-order valence-corrected chi connectivity index (χ4v) is 4.05. The molecule has 7 heteroatoms. The normalized spacial score (nSPS) is 15.1. The van der Waals surface area contributed by atoms with Crippen LogP contribution in [0.5, 0.6) is 0 Å². The molecule has 1 aliphatic heterocycles. The van der Waals surface area contributed by atoms with Gasteiger partial charge in [0.15, 0.2) is 0 Å². The molecule has 0 bridgehead atoms. The van der Waals surface area contributed by atoms with Crippen LogP contribution in [-0.4, -0.2) is 64.5 Å². The molecule has 1 aromatic heterocycles. The van der Waals surface area contributed by atoms with Crippen LogP contribution in [0.4, 0.5) is 0 Å². The smallest absolute Gasteiger partial charge is 0.234 e. The van der Waals surface area contributed by atoms with Crippen molar-refractivity contribution in [2.24, 2.45) is 0 Å². The van der Waals surface area contributed by atoms with Gasteiger partial charge in [-0.05, 0) is 11.6 Å². The highest BCUT2D eigenvalue weighted by Gasteiger charge is 2.19. The number of rotatable bonds is 8. The number of benzene rings is 2. The minimum Gasteiger partial charge on any atom is -0.351 e. The second kappa shape index (κ2) is 10.6. The summed E-state index contributed by atoms with van der Waals surface area (Å²) in [6, 6.07) is 17.9. The second-order valence-corrected chi connectivity index (χ2v) is 8.20. The predicted octanol–water partition coefficient (Wildman–Crippen LogP) is 3.14. The zero-order chi connectivity index (χ0) is 21.5. The Morgan fingerprint density at radius 3 is 2.42 bits per heavy atom. The number of nitrogens with one attached hydrogen (secondary N) is 1. The Morgan fingerprint density at radius 1 is 0.935 bits per heavy atom. The summed E-state index contributed by atoms with van der Waals surface area (Å²) < 4.78 is 2.21. The molecular formula is C24H28ClN5O.